The van der Waals surface area contributed by atoms with Crippen LogP contribution >= 0.6 is 11.6 Å². The van der Waals surface area contributed by atoms with E-state index in [9.17, 15) is 14.0 Å². The van der Waals surface area contributed by atoms with Crippen molar-refractivity contribution in [2.75, 3.05) is 19.0 Å². The summed E-state index contributed by atoms with van der Waals surface area (Å²) in [6.07, 6.45) is 0. The molecule has 2 rings (SSSR count). The molecule has 0 heterocycles. The van der Waals surface area contributed by atoms with Crippen molar-refractivity contribution in [2.45, 2.75) is 12.5 Å². The van der Waals surface area contributed by atoms with E-state index in [2.05, 4.69) is 10.6 Å². The van der Waals surface area contributed by atoms with Crippen LogP contribution in [0.15, 0.2) is 48.5 Å². The number of nitrogens with one attached hydrogen (secondary N) is 2. The monoisotopic (exact) mass is 364 g/mol. The zero-order valence-corrected chi connectivity index (χ0v) is 14.6. The lowest BCUT2D eigenvalue weighted by Crippen LogP contribution is -2.44. The molecular weight excluding hydrogens is 347 g/mol. The van der Waals surface area contributed by atoms with Crippen molar-refractivity contribution in [3.8, 4) is 0 Å². The van der Waals surface area contributed by atoms with Crippen LogP contribution in [-0.4, -0.2) is 25.5 Å². The molecule has 25 heavy (non-hydrogen) atoms. The molecule has 1 atom stereocenters. The molecule has 0 saturated heterocycles. The van der Waals surface area contributed by atoms with Gasteiger partial charge in [0.1, 0.15) is 11.4 Å². The number of hydrogen-bond donors (Lipinski definition) is 2. The molecule has 0 aromatic heterocycles. The number of anilines is 1. The van der Waals surface area contributed by atoms with Gasteiger partial charge in [-0.3, -0.25) is 9.59 Å². The van der Waals surface area contributed by atoms with Gasteiger partial charge >= 0.3 is 11.8 Å². The summed E-state index contributed by atoms with van der Waals surface area (Å²) in [6.45, 7) is 1.82. The van der Waals surface area contributed by atoms with E-state index in [1.54, 1.807) is 25.1 Å². The Kier molecular flexibility index (Phi) is 6.12. The van der Waals surface area contributed by atoms with Gasteiger partial charge in [-0.1, -0.05) is 29.8 Å². The fourth-order valence-electron chi connectivity index (χ4n) is 2.19. The number of benzene rings is 2. The minimum absolute atomic E-state index is 0.0548. The van der Waals surface area contributed by atoms with Gasteiger partial charge in [-0.25, -0.2) is 4.39 Å². The van der Waals surface area contributed by atoms with Gasteiger partial charge in [0.05, 0.1) is 6.54 Å². The number of carbonyl (C=O) groups is 2. The minimum Gasteiger partial charge on any atom is -0.372 e. The van der Waals surface area contributed by atoms with Crippen molar-refractivity contribution in [3.63, 3.8) is 0 Å². The highest BCUT2D eigenvalue weighted by molar-refractivity contribution is 6.39. The molecule has 0 spiro atoms. The van der Waals surface area contributed by atoms with Crippen molar-refractivity contribution < 1.29 is 18.7 Å². The quantitative estimate of drug-likeness (QED) is 0.801. The molecule has 0 bridgehead atoms. The topological polar surface area (TPSA) is 67.4 Å². The van der Waals surface area contributed by atoms with Crippen LogP contribution in [0.5, 0.6) is 0 Å². The molecule has 2 amide bonds. The molecular formula is C18H18ClFN2O3. The Hall–Kier alpha value is -2.44. The summed E-state index contributed by atoms with van der Waals surface area (Å²) in [5.74, 6) is -2.25. The first-order valence-corrected chi connectivity index (χ1v) is 7.88. The van der Waals surface area contributed by atoms with Crippen LogP contribution in [0.4, 0.5) is 10.1 Å². The van der Waals surface area contributed by atoms with Crippen LogP contribution in [-0.2, 0) is 19.9 Å². The van der Waals surface area contributed by atoms with Gasteiger partial charge in [0.25, 0.3) is 0 Å². The molecule has 0 radical (unpaired) electrons. The Morgan fingerprint density at radius 1 is 1.16 bits per heavy atom. The van der Waals surface area contributed by atoms with E-state index in [-0.39, 0.29) is 12.2 Å². The lowest BCUT2D eigenvalue weighted by Gasteiger charge is -2.29. The molecule has 0 fully saturated rings. The molecule has 2 aromatic carbocycles. The minimum atomic E-state index is -0.893. The highest BCUT2D eigenvalue weighted by Crippen LogP contribution is 2.26. The zero-order valence-electron chi connectivity index (χ0n) is 13.8. The first-order valence-electron chi connectivity index (χ1n) is 7.50. The third kappa shape index (κ3) is 5.01. The van der Waals surface area contributed by atoms with Gasteiger partial charge in [-0.2, -0.15) is 0 Å². The van der Waals surface area contributed by atoms with Crippen molar-refractivity contribution in [1.29, 1.82) is 0 Å². The summed E-state index contributed by atoms with van der Waals surface area (Å²) in [7, 11) is 1.50. The average molecular weight is 365 g/mol. The fourth-order valence-corrected chi connectivity index (χ4v) is 2.38. The number of amides is 2. The summed E-state index contributed by atoms with van der Waals surface area (Å²) in [4.78, 5) is 23.9. The Morgan fingerprint density at radius 2 is 1.88 bits per heavy atom. The molecule has 1 unspecified atom stereocenters. The van der Waals surface area contributed by atoms with E-state index < -0.39 is 23.2 Å². The van der Waals surface area contributed by atoms with Crippen LogP contribution in [0.1, 0.15) is 12.5 Å². The maximum absolute atomic E-state index is 13.1. The molecule has 0 aliphatic carbocycles. The largest absolute Gasteiger partial charge is 0.372 e. The summed E-state index contributed by atoms with van der Waals surface area (Å²) >= 11 is 5.99. The Morgan fingerprint density at radius 3 is 2.52 bits per heavy atom. The third-order valence-corrected chi connectivity index (χ3v) is 4.00. The Bertz CT molecular complexity index is 784. The van der Waals surface area contributed by atoms with E-state index in [1.807, 2.05) is 6.07 Å². The van der Waals surface area contributed by atoms with E-state index in [1.165, 1.54) is 25.3 Å². The zero-order chi connectivity index (χ0) is 18.4. The van der Waals surface area contributed by atoms with Gasteiger partial charge in [-0.15, -0.1) is 0 Å². The smallest absolute Gasteiger partial charge is 0.313 e. The molecule has 0 saturated carbocycles. The van der Waals surface area contributed by atoms with Gasteiger partial charge in [0, 0.05) is 17.8 Å². The number of rotatable bonds is 5. The SMILES string of the molecule is COC(C)(CNC(=O)C(=O)Nc1cccc(F)c1)c1cccc(Cl)c1. The first kappa shape index (κ1) is 18.9. The van der Waals surface area contributed by atoms with Crippen molar-refractivity contribution in [1.82, 2.24) is 5.32 Å². The average Bonchev–Trinajstić information content (AvgIpc) is 2.59. The molecule has 7 heteroatoms. The predicted molar refractivity (Wildman–Crippen MR) is 93.9 cm³/mol. The number of hydrogen-bond acceptors (Lipinski definition) is 3. The molecule has 132 valence electrons. The number of halogens is 2. The fraction of sp³-hybridized carbons (Fsp3) is 0.222. The normalized spacial score (nSPS) is 13.0. The number of ether oxygens (including phenoxy) is 1. The van der Waals surface area contributed by atoms with Crippen molar-refractivity contribution in [3.05, 3.63) is 64.9 Å². The van der Waals surface area contributed by atoms with E-state index in [0.717, 1.165) is 11.6 Å². The standard InChI is InChI=1S/C18H18ClFN2O3/c1-18(25-2,12-5-3-6-13(19)9-12)11-21-16(23)17(24)22-15-8-4-7-14(20)10-15/h3-10H,11H2,1-2H3,(H,21,23)(H,22,24). The second kappa shape index (κ2) is 8.09. The summed E-state index contributed by atoms with van der Waals surface area (Å²) in [5, 5.41) is 5.38. The molecule has 0 aliphatic heterocycles. The van der Waals surface area contributed by atoms with Crippen LogP contribution in [0.25, 0.3) is 0 Å². The van der Waals surface area contributed by atoms with Crippen LogP contribution in [0.3, 0.4) is 0 Å². The van der Waals surface area contributed by atoms with Gasteiger partial charge in [-0.05, 0) is 42.8 Å². The predicted octanol–water partition coefficient (Wildman–Crippen LogP) is 3.10. The molecule has 2 aromatic rings. The maximum atomic E-state index is 13.1. The maximum Gasteiger partial charge on any atom is 0.313 e. The second-order valence-electron chi connectivity index (χ2n) is 5.59. The number of carbonyl (C=O) groups excluding carboxylic acids is 2. The molecule has 2 N–H and O–H groups in total. The van der Waals surface area contributed by atoms with Crippen molar-refractivity contribution >= 4 is 29.1 Å². The first-order chi connectivity index (χ1) is 11.8. The summed E-state index contributed by atoms with van der Waals surface area (Å²) in [6, 6.07) is 12.3. The van der Waals surface area contributed by atoms with Crippen LogP contribution in [0.2, 0.25) is 5.02 Å². The van der Waals surface area contributed by atoms with Crippen molar-refractivity contribution in [2.24, 2.45) is 0 Å². The van der Waals surface area contributed by atoms with Gasteiger partial charge in [0.2, 0.25) is 0 Å². The van der Waals surface area contributed by atoms with Gasteiger partial charge < -0.3 is 15.4 Å². The van der Waals surface area contributed by atoms with Crippen LogP contribution < -0.4 is 10.6 Å². The van der Waals surface area contributed by atoms with Gasteiger partial charge in [0.15, 0.2) is 0 Å². The Labute approximate surface area is 150 Å². The third-order valence-electron chi connectivity index (χ3n) is 3.76. The lowest BCUT2D eigenvalue weighted by atomic mass is 9.95. The highest BCUT2D eigenvalue weighted by atomic mass is 35.5. The molecule has 0 aliphatic rings. The van der Waals surface area contributed by atoms with E-state index in [0.29, 0.717) is 5.02 Å². The van der Waals surface area contributed by atoms with E-state index in [4.69, 9.17) is 16.3 Å². The Balaban J connectivity index is 2.00. The lowest BCUT2D eigenvalue weighted by molar-refractivity contribution is -0.137. The summed E-state index contributed by atoms with van der Waals surface area (Å²) < 4.78 is 18.6. The summed E-state index contributed by atoms with van der Waals surface area (Å²) in [5.41, 5.74) is 0.0949. The second-order valence-corrected chi connectivity index (χ2v) is 6.03. The molecule has 5 nitrogen and oxygen atoms in total. The number of methoxy groups -OCH3 is 1. The van der Waals surface area contributed by atoms with Crippen LogP contribution in [0, 0.1) is 5.82 Å². The highest BCUT2D eigenvalue weighted by Gasteiger charge is 2.28. The van der Waals surface area contributed by atoms with E-state index >= 15 is 0 Å².